The van der Waals surface area contributed by atoms with E-state index in [1.807, 2.05) is 32.0 Å². The SMILES string of the molecule is Cc1cc(=O)n2[nH]c(C)c(Cc3ccccc3)c2n1. The summed E-state index contributed by atoms with van der Waals surface area (Å²) in [5, 5.41) is 3.08. The molecule has 19 heavy (non-hydrogen) atoms. The standard InChI is InChI=1S/C15H15N3O/c1-10-8-14(19)18-15(16-10)13(11(2)17-18)9-12-6-4-3-5-7-12/h3-8,17H,9H2,1-2H3. The second-order valence-corrected chi connectivity index (χ2v) is 4.77. The van der Waals surface area contributed by atoms with Crippen molar-refractivity contribution in [1.82, 2.24) is 14.6 Å². The minimum atomic E-state index is -0.0649. The Kier molecular flexibility index (Phi) is 2.71. The van der Waals surface area contributed by atoms with Crippen LogP contribution in [0.2, 0.25) is 0 Å². The Bertz CT molecular complexity index is 784. The predicted octanol–water partition coefficient (Wildman–Crippen LogP) is 2.23. The van der Waals surface area contributed by atoms with E-state index in [9.17, 15) is 4.79 Å². The molecule has 4 heteroatoms. The Balaban J connectivity index is 2.18. The van der Waals surface area contributed by atoms with Crippen molar-refractivity contribution in [3.05, 3.63) is 69.3 Å². The number of hydrogen-bond donors (Lipinski definition) is 1. The minimum absolute atomic E-state index is 0.0649. The van der Waals surface area contributed by atoms with Gasteiger partial charge in [-0.2, -0.15) is 0 Å². The fraction of sp³-hybridized carbons (Fsp3) is 0.200. The number of nitrogens with zero attached hydrogens (tertiary/aromatic N) is 2. The highest BCUT2D eigenvalue weighted by atomic mass is 16.1. The van der Waals surface area contributed by atoms with E-state index in [4.69, 9.17) is 0 Å². The maximum atomic E-state index is 11.9. The van der Waals surface area contributed by atoms with Crippen LogP contribution in [-0.4, -0.2) is 14.6 Å². The molecule has 0 aliphatic rings. The molecule has 0 bridgehead atoms. The molecule has 0 atom stereocenters. The van der Waals surface area contributed by atoms with Crippen LogP contribution < -0.4 is 5.56 Å². The summed E-state index contributed by atoms with van der Waals surface area (Å²) in [6.07, 6.45) is 0.773. The van der Waals surface area contributed by atoms with E-state index in [0.29, 0.717) is 0 Å². The fourth-order valence-corrected chi connectivity index (χ4v) is 2.32. The van der Waals surface area contributed by atoms with Crippen LogP contribution in [0.3, 0.4) is 0 Å². The number of hydrogen-bond acceptors (Lipinski definition) is 2. The van der Waals surface area contributed by atoms with Gasteiger partial charge < -0.3 is 0 Å². The van der Waals surface area contributed by atoms with Crippen molar-refractivity contribution in [2.75, 3.05) is 0 Å². The van der Waals surface area contributed by atoms with Gasteiger partial charge in [0, 0.05) is 29.4 Å². The number of aromatic nitrogens is 3. The third kappa shape index (κ3) is 2.05. The molecule has 4 nitrogen and oxygen atoms in total. The first-order valence-electron chi connectivity index (χ1n) is 6.27. The van der Waals surface area contributed by atoms with Gasteiger partial charge in [-0.15, -0.1) is 0 Å². The lowest BCUT2D eigenvalue weighted by atomic mass is 10.1. The number of fused-ring (bicyclic) bond motifs is 1. The summed E-state index contributed by atoms with van der Waals surface area (Å²) in [6.45, 7) is 3.82. The first-order chi connectivity index (χ1) is 9.15. The lowest BCUT2D eigenvalue weighted by molar-refractivity contribution is 0.873. The van der Waals surface area contributed by atoms with Gasteiger partial charge in [-0.1, -0.05) is 30.3 Å². The van der Waals surface area contributed by atoms with E-state index in [2.05, 4.69) is 22.2 Å². The smallest absolute Gasteiger partial charge is 0.272 e. The van der Waals surface area contributed by atoms with E-state index >= 15 is 0 Å². The summed E-state index contributed by atoms with van der Waals surface area (Å²) < 4.78 is 1.51. The fourth-order valence-electron chi connectivity index (χ4n) is 2.32. The monoisotopic (exact) mass is 253 g/mol. The van der Waals surface area contributed by atoms with Gasteiger partial charge in [0.15, 0.2) is 5.65 Å². The molecule has 3 rings (SSSR count). The van der Waals surface area contributed by atoms with Gasteiger partial charge >= 0.3 is 0 Å². The van der Waals surface area contributed by atoms with Gasteiger partial charge in [0.2, 0.25) is 0 Å². The van der Waals surface area contributed by atoms with E-state index in [1.54, 1.807) is 0 Å². The second kappa shape index (κ2) is 4.39. The highest BCUT2D eigenvalue weighted by Gasteiger charge is 2.12. The maximum absolute atomic E-state index is 11.9. The van der Waals surface area contributed by atoms with E-state index in [-0.39, 0.29) is 5.56 Å². The van der Waals surface area contributed by atoms with Gasteiger partial charge in [-0.3, -0.25) is 9.89 Å². The van der Waals surface area contributed by atoms with Crippen LogP contribution in [0.1, 0.15) is 22.5 Å². The van der Waals surface area contributed by atoms with E-state index in [0.717, 1.165) is 29.0 Å². The Morgan fingerprint density at radius 3 is 2.68 bits per heavy atom. The van der Waals surface area contributed by atoms with Crippen LogP contribution in [0.4, 0.5) is 0 Å². The first-order valence-corrected chi connectivity index (χ1v) is 6.27. The molecule has 0 aliphatic carbocycles. The third-order valence-electron chi connectivity index (χ3n) is 3.27. The molecule has 0 unspecified atom stereocenters. The first kappa shape index (κ1) is 11.7. The number of benzene rings is 1. The van der Waals surface area contributed by atoms with Crippen molar-refractivity contribution in [2.24, 2.45) is 0 Å². The van der Waals surface area contributed by atoms with Crippen molar-refractivity contribution < 1.29 is 0 Å². The molecule has 0 saturated heterocycles. The third-order valence-corrected chi connectivity index (χ3v) is 3.27. The Morgan fingerprint density at radius 1 is 1.21 bits per heavy atom. The van der Waals surface area contributed by atoms with Gasteiger partial charge in [0.1, 0.15) is 0 Å². The quantitative estimate of drug-likeness (QED) is 0.761. The minimum Gasteiger partial charge on any atom is -0.294 e. The van der Waals surface area contributed by atoms with Crippen LogP contribution >= 0.6 is 0 Å². The van der Waals surface area contributed by atoms with Crippen molar-refractivity contribution in [3.63, 3.8) is 0 Å². The number of nitrogens with one attached hydrogen (secondary N) is 1. The van der Waals surface area contributed by atoms with E-state index in [1.165, 1.54) is 16.1 Å². The summed E-state index contributed by atoms with van der Waals surface area (Å²) in [6, 6.07) is 11.7. The summed E-state index contributed by atoms with van der Waals surface area (Å²) in [7, 11) is 0. The van der Waals surface area contributed by atoms with Gasteiger partial charge in [0.25, 0.3) is 5.56 Å². The van der Waals surface area contributed by atoms with Crippen LogP contribution in [-0.2, 0) is 6.42 Å². The molecule has 2 heterocycles. The van der Waals surface area contributed by atoms with Gasteiger partial charge in [-0.25, -0.2) is 9.50 Å². The molecule has 1 aromatic carbocycles. The zero-order valence-corrected chi connectivity index (χ0v) is 11.0. The lowest BCUT2D eigenvalue weighted by Gasteiger charge is -2.01. The Hall–Kier alpha value is -2.36. The maximum Gasteiger partial charge on any atom is 0.272 e. The summed E-state index contributed by atoms with van der Waals surface area (Å²) in [5.41, 5.74) is 4.68. The van der Waals surface area contributed by atoms with Crippen LogP contribution in [0.25, 0.3) is 5.65 Å². The van der Waals surface area contributed by atoms with Gasteiger partial charge in [0.05, 0.1) is 0 Å². The average Bonchev–Trinajstić information content (AvgIpc) is 2.69. The van der Waals surface area contributed by atoms with E-state index < -0.39 is 0 Å². The van der Waals surface area contributed by atoms with Gasteiger partial charge in [-0.05, 0) is 19.4 Å². The molecule has 2 aromatic heterocycles. The molecule has 0 aliphatic heterocycles. The molecule has 0 spiro atoms. The summed E-state index contributed by atoms with van der Waals surface area (Å²) in [5.74, 6) is 0. The van der Waals surface area contributed by atoms with Crippen molar-refractivity contribution in [3.8, 4) is 0 Å². The molecule has 0 fully saturated rings. The normalized spacial score (nSPS) is 11.1. The topological polar surface area (TPSA) is 50.2 Å². The number of H-pyrrole nitrogens is 1. The Morgan fingerprint density at radius 2 is 1.95 bits per heavy atom. The van der Waals surface area contributed by atoms with Crippen LogP contribution in [0.15, 0.2) is 41.2 Å². The largest absolute Gasteiger partial charge is 0.294 e. The highest BCUT2D eigenvalue weighted by molar-refractivity contribution is 5.52. The zero-order chi connectivity index (χ0) is 13.4. The number of aryl methyl sites for hydroxylation is 2. The Labute approximate surface area is 110 Å². The molecule has 96 valence electrons. The number of rotatable bonds is 2. The molecule has 1 N–H and O–H groups in total. The number of aromatic amines is 1. The molecule has 0 radical (unpaired) electrons. The molecular formula is C15H15N3O. The lowest BCUT2D eigenvalue weighted by Crippen LogP contribution is -2.14. The second-order valence-electron chi connectivity index (χ2n) is 4.77. The molecule has 0 saturated carbocycles. The summed E-state index contributed by atoms with van der Waals surface area (Å²) in [4.78, 5) is 16.4. The molecule has 3 aromatic rings. The zero-order valence-electron chi connectivity index (χ0n) is 11.0. The van der Waals surface area contributed by atoms with Crippen LogP contribution in [0.5, 0.6) is 0 Å². The highest BCUT2D eigenvalue weighted by Crippen LogP contribution is 2.17. The van der Waals surface area contributed by atoms with Crippen molar-refractivity contribution in [2.45, 2.75) is 20.3 Å². The van der Waals surface area contributed by atoms with Crippen molar-refractivity contribution in [1.29, 1.82) is 0 Å². The molecular weight excluding hydrogens is 238 g/mol. The van der Waals surface area contributed by atoms with Crippen molar-refractivity contribution >= 4 is 5.65 Å². The van der Waals surface area contributed by atoms with Crippen LogP contribution in [0, 0.1) is 13.8 Å². The summed E-state index contributed by atoms with van der Waals surface area (Å²) >= 11 is 0. The predicted molar refractivity (Wildman–Crippen MR) is 74.5 cm³/mol. The average molecular weight is 253 g/mol. The molecule has 0 amide bonds.